The van der Waals surface area contributed by atoms with Gasteiger partial charge in [0.05, 0.1) is 21.3 Å². The van der Waals surface area contributed by atoms with Crippen LogP contribution in [-0.4, -0.2) is 56.5 Å². The van der Waals surface area contributed by atoms with Gasteiger partial charge in [-0.15, -0.1) is 10.2 Å². The fourth-order valence-electron chi connectivity index (χ4n) is 2.89. The van der Waals surface area contributed by atoms with Crippen LogP contribution in [-0.2, 0) is 25.9 Å². The number of carbonyl (C=O) groups excluding carboxylic acids is 1. The Hall–Kier alpha value is -2.91. The summed E-state index contributed by atoms with van der Waals surface area (Å²) in [6, 6.07) is 6.94. The minimum absolute atomic E-state index is 0.0871. The molecule has 0 fully saturated rings. The van der Waals surface area contributed by atoms with Crippen molar-refractivity contribution in [3.05, 3.63) is 47.2 Å². The van der Waals surface area contributed by atoms with Crippen LogP contribution in [0.15, 0.2) is 46.3 Å². The summed E-state index contributed by atoms with van der Waals surface area (Å²) >= 11 is 0.127. The van der Waals surface area contributed by atoms with E-state index in [0.29, 0.717) is 11.1 Å². The maximum Gasteiger partial charge on any atom is 0.445 e. The van der Waals surface area contributed by atoms with Crippen LogP contribution < -0.4 is 4.90 Å². The molecule has 0 aliphatic heterocycles. The standard InChI is InChI=1S/C20H19F3N4O5S3/c1-4-34(29,30)14-8-6-12(7-9-14)13-10-15(35(31,32)5-2)16(24-11-13)17(28)27(3)19-26-25-18(33-19)20(21,22)23/h6-11H,4-5H2,1-3H3. The van der Waals surface area contributed by atoms with Gasteiger partial charge in [0.1, 0.15) is 5.69 Å². The van der Waals surface area contributed by atoms with Gasteiger partial charge in [-0.25, -0.2) is 21.8 Å². The molecule has 3 aromatic rings. The van der Waals surface area contributed by atoms with E-state index in [-0.39, 0.29) is 32.9 Å². The molecule has 2 heterocycles. The summed E-state index contributed by atoms with van der Waals surface area (Å²) in [4.78, 5) is 17.4. The highest BCUT2D eigenvalue weighted by atomic mass is 32.2. The van der Waals surface area contributed by atoms with E-state index < -0.39 is 47.4 Å². The zero-order valence-electron chi connectivity index (χ0n) is 18.6. The molecule has 0 N–H and O–H groups in total. The number of pyridine rings is 1. The average Bonchev–Trinajstić information content (AvgIpc) is 3.34. The van der Waals surface area contributed by atoms with E-state index in [1.165, 1.54) is 50.4 Å². The third-order valence-corrected chi connectivity index (χ3v) is 9.48. The highest BCUT2D eigenvalue weighted by Gasteiger charge is 2.37. The molecule has 0 atom stereocenters. The quantitative estimate of drug-likeness (QED) is 0.439. The van der Waals surface area contributed by atoms with Gasteiger partial charge < -0.3 is 0 Å². The van der Waals surface area contributed by atoms with Crippen molar-refractivity contribution in [1.82, 2.24) is 15.2 Å². The number of benzene rings is 1. The van der Waals surface area contributed by atoms with E-state index in [2.05, 4.69) is 15.2 Å². The topological polar surface area (TPSA) is 127 Å². The lowest BCUT2D eigenvalue weighted by molar-refractivity contribution is -0.138. The molecule has 9 nitrogen and oxygen atoms in total. The number of nitrogens with zero attached hydrogens (tertiary/aromatic N) is 4. The predicted molar refractivity (Wildman–Crippen MR) is 123 cm³/mol. The van der Waals surface area contributed by atoms with Gasteiger partial charge >= 0.3 is 6.18 Å². The fraction of sp³-hybridized carbons (Fsp3) is 0.300. The van der Waals surface area contributed by atoms with Gasteiger partial charge in [0.2, 0.25) is 10.1 Å². The molecule has 0 aliphatic carbocycles. The van der Waals surface area contributed by atoms with Crippen molar-refractivity contribution in [2.24, 2.45) is 0 Å². The van der Waals surface area contributed by atoms with Crippen LogP contribution in [0.25, 0.3) is 11.1 Å². The van der Waals surface area contributed by atoms with E-state index in [1.807, 2.05) is 0 Å². The van der Waals surface area contributed by atoms with Crippen molar-refractivity contribution in [2.75, 3.05) is 23.5 Å². The second-order valence-electron chi connectivity index (χ2n) is 7.15. The van der Waals surface area contributed by atoms with E-state index in [9.17, 15) is 34.8 Å². The number of anilines is 1. The van der Waals surface area contributed by atoms with Crippen LogP contribution in [0.2, 0.25) is 0 Å². The zero-order valence-corrected chi connectivity index (χ0v) is 21.0. The maximum atomic E-state index is 13.0. The smallest absolute Gasteiger partial charge is 0.284 e. The largest absolute Gasteiger partial charge is 0.445 e. The van der Waals surface area contributed by atoms with Crippen LogP contribution in [0.5, 0.6) is 0 Å². The van der Waals surface area contributed by atoms with Crippen molar-refractivity contribution < 1.29 is 34.8 Å². The summed E-state index contributed by atoms with van der Waals surface area (Å²) in [5, 5.41) is 4.75. The first-order chi connectivity index (χ1) is 16.2. The first-order valence-electron chi connectivity index (χ1n) is 9.96. The molecule has 0 saturated heterocycles. The minimum atomic E-state index is -4.75. The van der Waals surface area contributed by atoms with Crippen LogP contribution >= 0.6 is 11.3 Å². The molecule has 0 bridgehead atoms. The number of rotatable bonds is 7. The Morgan fingerprint density at radius 3 is 2.09 bits per heavy atom. The Bertz CT molecular complexity index is 1470. The van der Waals surface area contributed by atoms with Crippen molar-refractivity contribution in [3.8, 4) is 11.1 Å². The lowest BCUT2D eigenvalue weighted by atomic mass is 10.1. The van der Waals surface area contributed by atoms with Crippen LogP contribution in [0.3, 0.4) is 0 Å². The number of hydrogen-bond donors (Lipinski definition) is 0. The number of carbonyl (C=O) groups is 1. The van der Waals surface area contributed by atoms with Gasteiger partial charge in [-0.1, -0.05) is 37.3 Å². The molecule has 15 heteroatoms. The van der Waals surface area contributed by atoms with Gasteiger partial charge in [-0.05, 0) is 23.8 Å². The Balaban J connectivity index is 2.05. The van der Waals surface area contributed by atoms with Gasteiger partial charge in [0, 0.05) is 18.8 Å². The van der Waals surface area contributed by atoms with Crippen LogP contribution in [0.1, 0.15) is 29.3 Å². The van der Waals surface area contributed by atoms with Crippen molar-refractivity contribution >= 4 is 42.1 Å². The molecule has 0 radical (unpaired) electrons. The summed E-state index contributed by atoms with van der Waals surface area (Å²) in [6.07, 6.45) is -3.53. The Morgan fingerprint density at radius 2 is 1.57 bits per heavy atom. The van der Waals surface area contributed by atoms with Crippen molar-refractivity contribution in [3.63, 3.8) is 0 Å². The Morgan fingerprint density at radius 1 is 0.971 bits per heavy atom. The summed E-state index contributed by atoms with van der Waals surface area (Å²) in [7, 11) is -6.30. The van der Waals surface area contributed by atoms with Gasteiger partial charge in [0.25, 0.3) is 5.91 Å². The fourth-order valence-corrected chi connectivity index (χ4v) is 5.50. The molecule has 1 amide bonds. The Kier molecular flexibility index (Phi) is 7.34. The number of hydrogen-bond acceptors (Lipinski definition) is 9. The predicted octanol–water partition coefficient (Wildman–Crippen LogP) is 3.48. The minimum Gasteiger partial charge on any atom is -0.284 e. The van der Waals surface area contributed by atoms with Crippen LogP contribution in [0, 0.1) is 0 Å². The summed E-state index contributed by atoms with van der Waals surface area (Å²) in [5.74, 6) is -1.44. The van der Waals surface area contributed by atoms with E-state index in [1.54, 1.807) is 0 Å². The number of aromatic nitrogens is 3. The highest BCUT2D eigenvalue weighted by molar-refractivity contribution is 7.91. The van der Waals surface area contributed by atoms with Gasteiger partial charge in [-0.2, -0.15) is 13.2 Å². The third-order valence-electron chi connectivity index (χ3n) is 4.95. The second-order valence-corrected chi connectivity index (χ2v) is 12.6. The average molecular weight is 549 g/mol. The molecule has 188 valence electrons. The second kappa shape index (κ2) is 9.62. The number of sulfone groups is 2. The molecular weight excluding hydrogens is 529 g/mol. The van der Waals surface area contributed by atoms with E-state index >= 15 is 0 Å². The van der Waals surface area contributed by atoms with Gasteiger partial charge in [0.15, 0.2) is 19.7 Å². The maximum absolute atomic E-state index is 13.0. The summed E-state index contributed by atoms with van der Waals surface area (Å²) < 4.78 is 88.1. The number of alkyl halides is 3. The molecule has 0 spiro atoms. The first kappa shape index (κ1) is 26.7. The molecule has 0 aliphatic rings. The molecule has 0 unspecified atom stereocenters. The van der Waals surface area contributed by atoms with Crippen molar-refractivity contribution in [2.45, 2.75) is 29.8 Å². The summed E-state index contributed by atoms with van der Waals surface area (Å²) in [5.41, 5.74) is 0.255. The van der Waals surface area contributed by atoms with Crippen molar-refractivity contribution in [1.29, 1.82) is 0 Å². The Labute approximate surface area is 203 Å². The SMILES string of the molecule is CCS(=O)(=O)c1ccc(-c2cnc(C(=O)N(C)c3nnc(C(F)(F)F)s3)c(S(=O)(=O)CC)c2)cc1. The molecule has 0 saturated carbocycles. The lowest BCUT2D eigenvalue weighted by Gasteiger charge is -2.16. The third kappa shape index (κ3) is 5.51. The molecular formula is C20H19F3N4O5S3. The number of amides is 1. The summed E-state index contributed by atoms with van der Waals surface area (Å²) in [6.45, 7) is 2.87. The monoisotopic (exact) mass is 548 g/mol. The molecule has 3 rings (SSSR count). The molecule has 2 aromatic heterocycles. The first-order valence-corrected chi connectivity index (χ1v) is 14.1. The normalized spacial score (nSPS) is 12.5. The van der Waals surface area contributed by atoms with Gasteiger partial charge in [-0.3, -0.25) is 9.69 Å². The zero-order chi connectivity index (χ0) is 26.2. The number of halogens is 3. The van der Waals surface area contributed by atoms with E-state index in [0.717, 1.165) is 11.9 Å². The highest BCUT2D eigenvalue weighted by Crippen LogP contribution is 2.35. The van der Waals surface area contributed by atoms with E-state index in [4.69, 9.17) is 0 Å². The lowest BCUT2D eigenvalue weighted by Crippen LogP contribution is -2.29. The molecule has 1 aromatic carbocycles. The molecule has 35 heavy (non-hydrogen) atoms. The van der Waals surface area contributed by atoms with Crippen LogP contribution in [0.4, 0.5) is 18.3 Å².